The van der Waals surface area contributed by atoms with Crippen LogP contribution in [0.2, 0.25) is 0 Å². The van der Waals surface area contributed by atoms with Gasteiger partial charge in [0.05, 0.1) is 28.8 Å². The summed E-state index contributed by atoms with van der Waals surface area (Å²) in [4.78, 5) is 26.8. The summed E-state index contributed by atoms with van der Waals surface area (Å²) in [5.41, 5.74) is 0.960. The number of amides is 1. The Hall–Kier alpha value is -3.00. The van der Waals surface area contributed by atoms with Gasteiger partial charge in [-0.25, -0.2) is 15.0 Å². The Morgan fingerprint density at radius 1 is 1.32 bits per heavy atom. The second-order valence-corrected chi connectivity index (χ2v) is 8.77. The fraction of sp³-hybridized carbons (Fsp3) is 0.429. The van der Waals surface area contributed by atoms with E-state index in [1.54, 1.807) is 36.2 Å². The molecule has 0 bridgehead atoms. The van der Waals surface area contributed by atoms with Crippen LogP contribution in [0, 0.1) is 24.2 Å². The molecular formula is C21H24N6O3S. The van der Waals surface area contributed by atoms with Crippen LogP contribution in [0.5, 0.6) is 0 Å². The average molecular weight is 441 g/mol. The third-order valence-corrected chi connectivity index (χ3v) is 6.85. The molecule has 162 valence electrons. The molecule has 31 heavy (non-hydrogen) atoms. The quantitative estimate of drug-likeness (QED) is 0.449. The fourth-order valence-electron chi connectivity index (χ4n) is 4.04. The number of aliphatic hydroxyl groups excluding tert-OH is 2. The van der Waals surface area contributed by atoms with Crippen molar-refractivity contribution in [2.45, 2.75) is 38.5 Å². The van der Waals surface area contributed by atoms with E-state index >= 15 is 0 Å². The van der Waals surface area contributed by atoms with Gasteiger partial charge in [0.1, 0.15) is 6.10 Å². The molecule has 0 saturated heterocycles. The highest BCUT2D eigenvalue weighted by Gasteiger charge is 2.54. The number of hydrogen-bond donors (Lipinski definition) is 4. The summed E-state index contributed by atoms with van der Waals surface area (Å²) in [6.45, 7) is 3.64. The van der Waals surface area contributed by atoms with Crippen molar-refractivity contribution in [3.8, 4) is 11.8 Å². The van der Waals surface area contributed by atoms with Crippen LogP contribution in [-0.2, 0) is 4.79 Å². The highest BCUT2D eigenvalue weighted by molar-refractivity contribution is 7.10. The van der Waals surface area contributed by atoms with Crippen LogP contribution in [0.15, 0.2) is 17.8 Å². The maximum Gasteiger partial charge on any atom is 0.228 e. The summed E-state index contributed by atoms with van der Waals surface area (Å²) < 4.78 is 1.70. The number of aromatic nitrogens is 4. The lowest BCUT2D eigenvalue weighted by Crippen LogP contribution is -2.45. The average Bonchev–Trinajstić information content (AvgIpc) is 3.44. The molecule has 4 atom stereocenters. The molecule has 4 rings (SSSR count). The SMILES string of the molecule is CNC(=O)C1(C)C[C@@H](n2cnc3c(NC)nc(C#Cc4sccc4C)nc32)[C@H](O)[C@@H]1O. The topological polar surface area (TPSA) is 125 Å². The smallest absolute Gasteiger partial charge is 0.228 e. The van der Waals surface area contributed by atoms with Crippen molar-refractivity contribution in [3.05, 3.63) is 34.0 Å². The summed E-state index contributed by atoms with van der Waals surface area (Å²) in [7, 11) is 3.25. The normalized spacial score (nSPS) is 25.3. The molecule has 0 aromatic carbocycles. The molecule has 1 fully saturated rings. The maximum absolute atomic E-state index is 12.4. The van der Waals surface area contributed by atoms with Crippen molar-refractivity contribution in [3.63, 3.8) is 0 Å². The molecule has 1 unspecified atom stereocenters. The lowest BCUT2D eigenvalue weighted by molar-refractivity contribution is -0.136. The first-order valence-corrected chi connectivity index (χ1v) is 10.7. The number of carbonyl (C=O) groups excluding carboxylic acids is 1. The Bertz CT molecular complexity index is 1210. The molecule has 9 nitrogen and oxygen atoms in total. The third kappa shape index (κ3) is 3.44. The van der Waals surface area contributed by atoms with Crippen molar-refractivity contribution in [2.75, 3.05) is 19.4 Å². The summed E-state index contributed by atoms with van der Waals surface area (Å²) >= 11 is 1.55. The molecule has 4 N–H and O–H groups in total. The van der Waals surface area contributed by atoms with Crippen molar-refractivity contribution in [2.24, 2.45) is 5.41 Å². The second kappa shape index (κ2) is 7.92. The molecule has 1 aliphatic carbocycles. The third-order valence-electron chi connectivity index (χ3n) is 5.91. The van der Waals surface area contributed by atoms with E-state index in [1.165, 1.54) is 7.05 Å². The zero-order valence-electron chi connectivity index (χ0n) is 17.7. The van der Waals surface area contributed by atoms with Crippen molar-refractivity contribution in [1.82, 2.24) is 24.8 Å². The Morgan fingerprint density at radius 3 is 2.74 bits per heavy atom. The molecule has 1 saturated carbocycles. The van der Waals surface area contributed by atoms with Gasteiger partial charge in [-0.3, -0.25) is 4.79 Å². The van der Waals surface area contributed by atoms with E-state index in [0.29, 0.717) is 22.8 Å². The van der Waals surface area contributed by atoms with E-state index in [9.17, 15) is 15.0 Å². The van der Waals surface area contributed by atoms with Gasteiger partial charge in [0, 0.05) is 14.1 Å². The minimum Gasteiger partial charge on any atom is -0.389 e. The van der Waals surface area contributed by atoms with E-state index in [2.05, 4.69) is 37.4 Å². The number of aliphatic hydroxyl groups is 2. The van der Waals surface area contributed by atoms with Crippen LogP contribution in [0.3, 0.4) is 0 Å². The zero-order chi connectivity index (χ0) is 22.3. The number of carbonyl (C=O) groups is 1. The largest absolute Gasteiger partial charge is 0.389 e. The Balaban J connectivity index is 1.79. The standard InChI is InChI=1S/C21H24N6O3S/c1-11-7-8-31-13(11)5-6-14-25-18(22-3)15-19(26-14)27(10-24-15)12-9-21(2,20(30)23-4)17(29)16(12)28/h7-8,10,12,16-17,28-29H,9H2,1-4H3,(H,23,30)(H,22,25,26)/t12-,16+,17+,21?/m1/s1. The number of aryl methyl sites for hydroxylation is 1. The van der Waals surface area contributed by atoms with Gasteiger partial charge in [-0.2, -0.15) is 0 Å². The molecule has 3 aromatic heterocycles. The zero-order valence-corrected chi connectivity index (χ0v) is 18.5. The predicted octanol–water partition coefficient (Wildman–Crippen LogP) is 1.06. The lowest BCUT2D eigenvalue weighted by atomic mass is 9.85. The van der Waals surface area contributed by atoms with Crippen LogP contribution in [0.4, 0.5) is 5.82 Å². The minimum absolute atomic E-state index is 0.231. The van der Waals surface area contributed by atoms with Gasteiger partial charge in [-0.05, 0) is 49.1 Å². The lowest BCUT2D eigenvalue weighted by Gasteiger charge is -2.26. The first kappa shape index (κ1) is 21.2. The Labute approximate surface area is 183 Å². The Kier molecular flexibility index (Phi) is 5.43. The summed E-state index contributed by atoms with van der Waals surface area (Å²) in [6.07, 6.45) is -0.594. The van der Waals surface area contributed by atoms with E-state index in [-0.39, 0.29) is 12.3 Å². The fourth-order valence-corrected chi connectivity index (χ4v) is 4.81. The predicted molar refractivity (Wildman–Crippen MR) is 118 cm³/mol. The molecule has 0 aliphatic heterocycles. The number of thiophene rings is 1. The number of nitrogens with one attached hydrogen (secondary N) is 2. The molecule has 0 radical (unpaired) electrons. The number of imidazole rings is 1. The molecule has 3 aromatic rings. The first-order chi connectivity index (χ1) is 14.8. The highest BCUT2D eigenvalue weighted by atomic mass is 32.1. The van der Waals surface area contributed by atoms with E-state index in [0.717, 1.165) is 10.4 Å². The molecule has 1 aliphatic rings. The number of anilines is 1. The van der Waals surface area contributed by atoms with Gasteiger partial charge >= 0.3 is 0 Å². The second-order valence-electron chi connectivity index (χ2n) is 7.86. The van der Waals surface area contributed by atoms with E-state index in [1.807, 2.05) is 18.4 Å². The van der Waals surface area contributed by atoms with E-state index in [4.69, 9.17) is 0 Å². The molecule has 3 heterocycles. The van der Waals surface area contributed by atoms with E-state index < -0.39 is 23.7 Å². The van der Waals surface area contributed by atoms with Crippen molar-refractivity contribution >= 4 is 34.2 Å². The molecular weight excluding hydrogens is 416 g/mol. The van der Waals surface area contributed by atoms with Crippen LogP contribution in [0.25, 0.3) is 11.2 Å². The van der Waals surface area contributed by atoms with Gasteiger partial charge in [0.15, 0.2) is 17.0 Å². The van der Waals surface area contributed by atoms with Crippen LogP contribution < -0.4 is 10.6 Å². The number of rotatable bonds is 3. The van der Waals surface area contributed by atoms with Crippen LogP contribution >= 0.6 is 11.3 Å². The summed E-state index contributed by atoms with van der Waals surface area (Å²) in [6, 6.07) is 1.42. The Morgan fingerprint density at radius 2 is 2.10 bits per heavy atom. The minimum atomic E-state index is -1.22. The number of fused-ring (bicyclic) bond motifs is 1. The summed E-state index contributed by atoms with van der Waals surface area (Å²) in [5, 5.41) is 28.9. The van der Waals surface area contributed by atoms with Gasteiger partial charge in [-0.15, -0.1) is 11.3 Å². The van der Waals surface area contributed by atoms with Crippen molar-refractivity contribution < 1.29 is 15.0 Å². The van der Waals surface area contributed by atoms with Crippen molar-refractivity contribution in [1.29, 1.82) is 0 Å². The van der Waals surface area contributed by atoms with Gasteiger partial charge in [-0.1, -0.05) is 0 Å². The number of nitrogens with zero attached hydrogens (tertiary/aromatic N) is 4. The first-order valence-electron chi connectivity index (χ1n) is 9.87. The maximum atomic E-state index is 12.4. The van der Waals surface area contributed by atoms with Crippen LogP contribution in [0.1, 0.15) is 35.7 Å². The molecule has 1 amide bonds. The van der Waals surface area contributed by atoms with Crippen LogP contribution in [-0.4, -0.2) is 61.9 Å². The molecule has 10 heteroatoms. The van der Waals surface area contributed by atoms with Gasteiger partial charge < -0.3 is 25.4 Å². The van der Waals surface area contributed by atoms with Gasteiger partial charge in [0.25, 0.3) is 0 Å². The number of hydrogen-bond acceptors (Lipinski definition) is 8. The highest BCUT2D eigenvalue weighted by Crippen LogP contribution is 2.45. The summed E-state index contributed by atoms with van der Waals surface area (Å²) in [5.74, 6) is 6.61. The monoisotopic (exact) mass is 440 g/mol. The van der Waals surface area contributed by atoms with Gasteiger partial charge in [0.2, 0.25) is 11.7 Å². The molecule has 0 spiro atoms.